The molecule has 149 heavy (non-hydrogen) atoms. The summed E-state index contributed by atoms with van der Waals surface area (Å²) in [7, 11) is 1.64. The number of amides is 11. The van der Waals surface area contributed by atoms with Gasteiger partial charge in [-0.1, -0.05) is 6.92 Å². The number of imide groups is 4. The lowest BCUT2D eigenvalue weighted by Gasteiger charge is -2.34. The summed E-state index contributed by atoms with van der Waals surface area (Å²) in [6.07, 6.45) is 2.36. The average molecular weight is 2150 g/mol. The van der Waals surface area contributed by atoms with E-state index in [0.717, 1.165) is 11.3 Å². The summed E-state index contributed by atoms with van der Waals surface area (Å²) in [5.74, 6) is -7.17. The molecule has 4 heterocycles. The van der Waals surface area contributed by atoms with Crippen LogP contribution in [0, 0.1) is 0 Å². The zero-order valence-corrected chi connectivity index (χ0v) is 87.0. The Morgan fingerprint density at radius 2 is 0.443 bits per heavy atom. The van der Waals surface area contributed by atoms with Crippen LogP contribution in [-0.2, 0) is 219 Å². The molecule has 0 aromatic rings. The summed E-state index contributed by atoms with van der Waals surface area (Å²) in [6, 6.07) is 0. The smallest absolute Gasteiger partial charge is 0.335 e. The minimum absolute atomic E-state index is 0.00793. The van der Waals surface area contributed by atoms with Gasteiger partial charge in [-0.25, -0.2) is 14.4 Å². The third kappa shape index (κ3) is 77.6. The molecule has 11 amide bonds. The minimum atomic E-state index is -1.35. The van der Waals surface area contributed by atoms with Crippen molar-refractivity contribution < 1.29 is 219 Å². The van der Waals surface area contributed by atoms with Crippen molar-refractivity contribution >= 4 is 94.5 Å². The van der Waals surface area contributed by atoms with Gasteiger partial charge in [0.2, 0.25) is 29.5 Å². The van der Waals surface area contributed by atoms with Gasteiger partial charge in [0.15, 0.2) is 0 Å². The number of rotatable bonds is 107. The first-order valence-electron chi connectivity index (χ1n) is 51.1. The van der Waals surface area contributed by atoms with Crippen LogP contribution in [0.2, 0.25) is 0 Å². The van der Waals surface area contributed by atoms with E-state index in [4.69, 9.17) is 142 Å². The van der Waals surface area contributed by atoms with Gasteiger partial charge >= 0.3 is 17.9 Å². The van der Waals surface area contributed by atoms with Gasteiger partial charge in [0.25, 0.3) is 35.4 Å². The van der Waals surface area contributed by atoms with Crippen molar-refractivity contribution in [3.05, 3.63) is 0 Å². The first-order valence-corrected chi connectivity index (χ1v) is 51.1. The van der Waals surface area contributed by atoms with Gasteiger partial charge in [-0.15, -0.1) is 15.2 Å². The number of nitrogens with zero attached hydrogens (tertiary/aromatic N) is 4. The van der Waals surface area contributed by atoms with E-state index in [1.165, 1.54) is 0 Å². The SMILES string of the molecule is CCCOCCOCCC(=O)NC(COCCC(=O)CCCOCCOCCOCCOCCC(=O)ON1C(=O)CCC1=O)(COCCC(=O)CCCOCCOCCOCCOCCC(=O)ON1C(=O)CCC1=O)COCCC(=O)NCCOCCOCCOCCOCCC(=O)ON1C(=O)CCC1=O.COCCOCCOCCOCCOCCOCCOCCOCCOCCOCCNC(=O)CCN1C(=O)CCC1=O. The van der Waals surface area contributed by atoms with E-state index in [1.807, 2.05) is 6.92 Å². The Hall–Kier alpha value is -8.36. The van der Waals surface area contributed by atoms with E-state index in [0.29, 0.717) is 213 Å². The molecule has 0 radical (unpaired) electrons. The van der Waals surface area contributed by atoms with Crippen LogP contribution in [0.1, 0.15) is 142 Å². The molecule has 4 saturated heterocycles. The average Bonchev–Trinajstić information content (AvgIpc) is 1.84. The molecule has 0 atom stereocenters. The quantitative estimate of drug-likeness (QED) is 0.0502. The molecule has 0 aromatic carbocycles. The Morgan fingerprint density at radius 3 is 0.718 bits per heavy atom. The van der Waals surface area contributed by atoms with Crippen molar-refractivity contribution in [1.82, 2.24) is 36.0 Å². The Bertz CT molecular complexity index is 3300. The number of hydrogen-bond acceptors (Lipinski definition) is 46. The van der Waals surface area contributed by atoms with E-state index >= 15 is 0 Å². The molecule has 4 aliphatic rings. The molecule has 0 saturated carbocycles. The molecule has 3 N–H and O–H groups in total. The minimum Gasteiger partial charge on any atom is -0.382 e. The van der Waals surface area contributed by atoms with Crippen LogP contribution in [0.4, 0.5) is 0 Å². The summed E-state index contributed by atoms with van der Waals surface area (Å²) in [6.45, 7) is 18.2. The summed E-state index contributed by atoms with van der Waals surface area (Å²) < 4.78 is 149. The molecule has 0 aliphatic carbocycles. The maximum Gasteiger partial charge on any atom is 0.335 e. The fraction of sp³-hybridized carbons (Fsp3) is 0.833. The standard InChI is InChI=1S/C68H111N5O33.C28H52N2O13/c1-2-21-87-32-35-90-26-16-58(77)70-68(52-101-24-13-55(74)5-3-22-88-33-40-95-46-48-97-42-36-91-28-17-65(84)104-71-59(78)7-8-60(71)79,53-102-25-14-56(75)6-4-23-89-34-41-96-47-49-98-43-37-92-29-18-66(85)105-72-61(80)9-10-62(72)81)54-103-27-15-57(76)69-20-31-94-39-45-100-51-50-99-44-38-93-30-19-67(86)106-73-63(82)11-12-64(73)83;1-34-8-9-36-12-13-38-16-17-40-20-21-42-24-25-43-23-22-41-19-18-39-15-14-37-11-10-35-7-5-29-26(31)4-6-30-27(32)2-3-28(30)33/h2-54H2,1H3,(H,69,76)(H,70,77);2-25H2,1H3,(H,29,31). The van der Waals surface area contributed by atoms with Crippen molar-refractivity contribution in [3.63, 3.8) is 0 Å². The van der Waals surface area contributed by atoms with Crippen molar-refractivity contribution in [2.75, 3.05) is 377 Å². The lowest BCUT2D eigenvalue weighted by molar-refractivity contribution is -0.198. The normalized spacial score (nSPS) is 13.8. The van der Waals surface area contributed by atoms with Crippen molar-refractivity contribution in [2.24, 2.45) is 0 Å². The number of Topliss-reactive ketones (excluding diaryl/α,β-unsaturated/α-hetero) is 2. The summed E-state index contributed by atoms with van der Waals surface area (Å²) in [4.78, 5) is 208. The molecule has 858 valence electrons. The number of carbonyl (C=O) groups excluding carboxylic acids is 16. The van der Waals surface area contributed by atoms with Crippen LogP contribution in [0.15, 0.2) is 0 Å². The predicted molar refractivity (Wildman–Crippen MR) is 513 cm³/mol. The van der Waals surface area contributed by atoms with Gasteiger partial charge in [-0.2, -0.15) is 0 Å². The maximum atomic E-state index is 13.6. The Morgan fingerprint density at radius 1 is 0.228 bits per heavy atom. The fourth-order valence-corrected chi connectivity index (χ4v) is 12.5. The molecule has 0 bridgehead atoms. The fourth-order valence-electron chi connectivity index (χ4n) is 12.5. The lowest BCUT2D eigenvalue weighted by atomic mass is 10.0. The third-order valence-electron chi connectivity index (χ3n) is 20.3. The molecule has 4 rings (SSSR count). The van der Waals surface area contributed by atoms with Crippen LogP contribution < -0.4 is 16.0 Å². The van der Waals surface area contributed by atoms with Gasteiger partial charge < -0.3 is 158 Å². The summed E-state index contributed by atoms with van der Waals surface area (Å²) >= 11 is 0. The maximum absolute atomic E-state index is 13.6. The molecule has 4 aliphatic heterocycles. The lowest BCUT2D eigenvalue weighted by Crippen LogP contribution is -2.59. The second-order valence-electron chi connectivity index (χ2n) is 32.6. The number of hydroxylamine groups is 6. The van der Waals surface area contributed by atoms with Gasteiger partial charge in [-0.05, 0) is 19.3 Å². The molecule has 53 nitrogen and oxygen atoms in total. The van der Waals surface area contributed by atoms with Crippen LogP contribution in [-0.4, -0.2) is 497 Å². The highest BCUT2D eigenvalue weighted by Crippen LogP contribution is 2.18. The number of ether oxygens (including phenoxy) is 27. The Balaban J connectivity index is 0.00000110. The second-order valence-corrected chi connectivity index (χ2v) is 32.6. The van der Waals surface area contributed by atoms with E-state index in [-0.39, 0.29) is 336 Å². The number of likely N-dealkylation sites (tertiary alicyclic amines) is 1. The molecular formula is C96H163N7O46. The van der Waals surface area contributed by atoms with Gasteiger partial charge in [0.1, 0.15) is 17.1 Å². The van der Waals surface area contributed by atoms with E-state index < -0.39 is 64.8 Å². The number of carbonyl (C=O) groups is 16. The zero-order valence-electron chi connectivity index (χ0n) is 87.0. The van der Waals surface area contributed by atoms with E-state index in [9.17, 15) is 76.7 Å². The first kappa shape index (κ1) is 135. The Kier molecular flexibility index (Phi) is 86.4. The van der Waals surface area contributed by atoms with E-state index in [1.54, 1.807) is 7.11 Å². The zero-order chi connectivity index (χ0) is 108. The topological polar surface area (TPSA) is 599 Å². The summed E-state index contributed by atoms with van der Waals surface area (Å²) in [5.41, 5.74) is -1.35. The molecular weight excluding hydrogens is 1990 g/mol. The third-order valence-corrected chi connectivity index (χ3v) is 20.3. The first-order chi connectivity index (χ1) is 72.7. The van der Waals surface area contributed by atoms with Crippen LogP contribution >= 0.6 is 0 Å². The van der Waals surface area contributed by atoms with Crippen molar-refractivity contribution in [3.8, 4) is 0 Å². The summed E-state index contributed by atoms with van der Waals surface area (Å²) in [5, 5.41) is 9.92. The highest BCUT2D eigenvalue weighted by atomic mass is 16.7. The number of nitrogens with one attached hydrogen (secondary N) is 3. The number of ketones is 2. The Labute approximate surface area is 870 Å². The van der Waals surface area contributed by atoms with Gasteiger partial charge in [0, 0.05) is 143 Å². The van der Waals surface area contributed by atoms with Crippen LogP contribution in [0.3, 0.4) is 0 Å². The molecule has 4 fully saturated rings. The number of hydrogen-bond donors (Lipinski definition) is 3. The highest BCUT2D eigenvalue weighted by molar-refractivity contribution is 6.04. The molecule has 0 spiro atoms. The predicted octanol–water partition coefficient (Wildman–Crippen LogP) is -0.662. The number of methoxy groups -OCH3 is 1. The van der Waals surface area contributed by atoms with Crippen molar-refractivity contribution in [2.45, 2.75) is 147 Å². The van der Waals surface area contributed by atoms with Gasteiger partial charge in [0.05, 0.1) is 350 Å². The largest absolute Gasteiger partial charge is 0.382 e. The van der Waals surface area contributed by atoms with Gasteiger partial charge in [-0.3, -0.25) is 67.2 Å². The second kappa shape index (κ2) is 95.5. The van der Waals surface area contributed by atoms with E-state index in [2.05, 4.69) is 16.0 Å². The monoisotopic (exact) mass is 2150 g/mol. The molecule has 0 unspecified atom stereocenters. The van der Waals surface area contributed by atoms with Crippen molar-refractivity contribution in [1.29, 1.82) is 0 Å². The molecule has 53 heteroatoms. The van der Waals surface area contributed by atoms with Crippen LogP contribution in [0.5, 0.6) is 0 Å². The molecule has 0 aromatic heterocycles. The van der Waals surface area contributed by atoms with Crippen LogP contribution in [0.25, 0.3) is 0 Å². The highest BCUT2D eigenvalue weighted by Gasteiger charge is 2.38.